The second-order valence-electron chi connectivity index (χ2n) is 3.95. The molecule has 0 spiro atoms. The highest BCUT2D eigenvalue weighted by atomic mass is 35.5. The van der Waals surface area contributed by atoms with Crippen molar-refractivity contribution in [2.24, 2.45) is 0 Å². The highest BCUT2D eigenvalue weighted by Crippen LogP contribution is 2.19. The maximum absolute atomic E-state index is 11.9. The van der Waals surface area contributed by atoms with Gasteiger partial charge in [0, 0.05) is 18.2 Å². The third kappa shape index (κ3) is 3.94. The molecule has 1 N–H and O–H groups in total. The fourth-order valence-electron chi connectivity index (χ4n) is 1.65. The molecule has 0 aliphatic rings. The number of benzene rings is 1. The molecule has 0 aliphatic heterocycles. The van der Waals surface area contributed by atoms with Gasteiger partial charge in [0.15, 0.2) is 12.4 Å². The summed E-state index contributed by atoms with van der Waals surface area (Å²) < 4.78 is 6.73. The molecule has 0 saturated heterocycles. The number of amides is 1. The highest BCUT2D eigenvalue weighted by molar-refractivity contribution is 5.90. The molecule has 2 aromatic rings. The molecule has 106 valence electrons. The number of hydrogen-bond acceptors (Lipinski definition) is 3. The maximum Gasteiger partial charge on any atom is 0.316 e. The summed E-state index contributed by atoms with van der Waals surface area (Å²) in [7, 11) is 1.53. The number of hydrogen-bond donors (Lipinski definition) is 1. The number of halogens is 1. The van der Waals surface area contributed by atoms with Crippen LogP contribution in [0.4, 0.5) is 5.69 Å². The Kier molecular flexibility index (Phi) is 5.96. The van der Waals surface area contributed by atoms with Crippen LogP contribution in [0.25, 0.3) is 0 Å². The van der Waals surface area contributed by atoms with Crippen LogP contribution >= 0.6 is 0 Å². The van der Waals surface area contributed by atoms with Gasteiger partial charge in [-0.3, -0.25) is 10.0 Å². The van der Waals surface area contributed by atoms with Crippen LogP contribution in [0.5, 0.6) is 5.75 Å². The minimum atomic E-state index is -0.426. The van der Waals surface area contributed by atoms with E-state index in [1.807, 2.05) is 18.2 Å². The predicted molar refractivity (Wildman–Crippen MR) is 68.9 cm³/mol. The first-order valence-electron chi connectivity index (χ1n) is 5.80. The van der Waals surface area contributed by atoms with Crippen LogP contribution in [0.1, 0.15) is 0 Å². The van der Waals surface area contributed by atoms with Crippen LogP contribution in [-0.4, -0.2) is 18.2 Å². The molecule has 1 amide bonds. The van der Waals surface area contributed by atoms with E-state index >= 15 is 0 Å². The van der Waals surface area contributed by atoms with Gasteiger partial charge in [-0.05, 0) is 12.1 Å². The summed E-state index contributed by atoms with van der Waals surface area (Å²) in [4.78, 5) is 11.9. The summed E-state index contributed by atoms with van der Waals surface area (Å²) in [5, 5.41) is 10.5. The number of methoxy groups -OCH3 is 1. The normalized spacial score (nSPS) is 9.50. The molecule has 0 saturated carbocycles. The Balaban J connectivity index is 0.00000200. The van der Waals surface area contributed by atoms with E-state index in [0.29, 0.717) is 16.5 Å². The summed E-state index contributed by atoms with van der Waals surface area (Å²) in [6, 6.07) is 12.2. The number of anilines is 1. The molecular formula is C14H15ClN2O3. The molecule has 2 rings (SSSR count). The molecule has 5 nitrogen and oxygen atoms in total. The van der Waals surface area contributed by atoms with Crippen LogP contribution in [0, 0.1) is 0 Å². The lowest BCUT2D eigenvalue weighted by Crippen LogP contribution is -3.00. The largest absolute Gasteiger partial charge is 1.00 e. The first kappa shape index (κ1) is 15.9. The number of carbonyl (C=O) groups is 1. The first-order valence-corrected chi connectivity index (χ1v) is 5.80. The van der Waals surface area contributed by atoms with E-state index in [9.17, 15) is 10.0 Å². The van der Waals surface area contributed by atoms with Crippen molar-refractivity contribution >= 4 is 11.6 Å². The summed E-state index contributed by atoms with van der Waals surface area (Å²) in [5.74, 6) is 0.154. The summed E-state index contributed by atoms with van der Waals surface area (Å²) >= 11 is 0. The van der Waals surface area contributed by atoms with Gasteiger partial charge in [0.25, 0.3) is 0 Å². The van der Waals surface area contributed by atoms with Crippen molar-refractivity contribution in [1.29, 1.82) is 0 Å². The topological polar surface area (TPSA) is 53.7 Å². The quantitative estimate of drug-likeness (QED) is 0.420. The van der Waals surface area contributed by atoms with Gasteiger partial charge < -0.3 is 17.1 Å². The van der Waals surface area contributed by atoms with Gasteiger partial charge in [0.2, 0.25) is 6.54 Å². The lowest BCUT2D eigenvalue weighted by Gasteiger charge is -2.13. The minimum absolute atomic E-state index is 0. The first-order chi connectivity index (χ1) is 9.20. The number of nitrogens with zero attached hydrogens (tertiary/aromatic N) is 2. The number of pyridine rings is 1. The van der Waals surface area contributed by atoms with Crippen molar-refractivity contribution in [2.75, 3.05) is 12.2 Å². The van der Waals surface area contributed by atoms with Crippen molar-refractivity contribution in [3.8, 4) is 5.75 Å². The number of hydroxylamine groups is 1. The van der Waals surface area contributed by atoms with Crippen LogP contribution < -0.4 is 26.8 Å². The van der Waals surface area contributed by atoms with Gasteiger partial charge in [-0.25, -0.2) is 0 Å². The van der Waals surface area contributed by atoms with Crippen LogP contribution in [-0.2, 0) is 11.3 Å². The third-order valence-electron chi connectivity index (χ3n) is 2.63. The summed E-state index contributed by atoms with van der Waals surface area (Å²) in [6.45, 7) is 0.0640. The average Bonchev–Trinajstić information content (AvgIpc) is 2.47. The van der Waals surface area contributed by atoms with E-state index in [1.165, 1.54) is 7.11 Å². The van der Waals surface area contributed by atoms with E-state index in [4.69, 9.17) is 4.74 Å². The standard InChI is InChI=1S/C14H15N2O3.ClH/c1-19-13-7-5-6-12(10-13)16(18)14(17)11-15-8-3-2-4-9-15;/h2-10,18H,11H2,1H3;1H/q+1;/p-1. The Bertz CT molecular complexity index is 563. The molecule has 0 aliphatic carbocycles. The van der Waals surface area contributed by atoms with Gasteiger partial charge in [-0.2, -0.15) is 9.63 Å². The Labute approximate surface area is 123 Å². The zero-order chi connectivity index (χ0) is 13.7. The highest BCUT2D eigenvalue weighted by Gasteiger charge is 2.18. The SMILES string of the molecule is COc1cccc(N(O)C(=O)C[n+]2ccccc2)c1.[Cl-]. The summed E-state index contributed by atoms with van der Waals surface area (Å²) in [6.07, 6.45) is 3.52. The molecule has 0 atom stereocenters. The van der Waals surface area contributed by atoms with Crippen molar-refractivity contribution in [1.82, 2.24) is 0 Å². The fourth-order valence-corrected chi connectivity index (χ4v) is 1.65. The molecule has 1 aromatic heterocycles. The van der Waals surface area contributed by atoms with E-state index in [0.717, 1.165) is 0 Å². The molecule has 6 heteroatoms. The molecule has 0 bridgehead atoms. The zero-order valence-corrected chi connectivity index (χ0v) is 11.7. The Hall–Kier alpha value is -2.11. The van der Waals surface area contributed by atoms with Gasteiger partial charge in [0.1, 0.15) is 5.75 Å². The Morgan fingerprint density at radius 3 is 2.60 bits per heavy atom. The smallest absolute Gasteiger partial charge is 0.316 e. The van der Waals surface area contributed by atoms with Crippen molar-refractivity contribution < 1.29 is 31.7 Å². The van der Waals surface area contributed by atoms with E-state index < -0.39 is 5.91 Å². The van der Waals surface area contributed by atoms with Crippen molar-refractivity contribution in [3.05, 3.63) is 54.9 Å². The summed E-state index contributed by atoms with van der Waals surface area (Å²) in [5.41, 5.74) is 0.376. The molecule has 0 radical (unpaired) electrons. The van der Waals surface area contributed by atoms with Gasteiger partial charge in [-0.15, -0.1) is 0 Å². The third-order valence-corrected chi connectivity index (χ3v) is 2.63. The molecule has 20 heavy (non-hydrogen) atoms. The van der Waals surface area contributed by atoms with E-state index in [-0.39, 0.29) is 19.0 Å². The van der Waals surface area contributed by atoms with E-state index in [1.54, 1.807) is 41.2 Å². The maximum atomic E-state index is 11.9. The minimum Gasteiger partial charge on any atom is -1.00 e. The van der Waals surface area contributed by atoms with Crippen molar-refractivity contribution in [3.63, 3.8) is 0 Å². The number of aromatic nitrogens is 1. The zero-order valence-electron chi connectivity index (χ0n) is 10.9. The molecule has 1 aromatic carbocycles. The number of ether oxygens (including phenoxy) is 1. The number of rotatable bonds is 4. The average molecular weight is 295 g/mol. The van der Waals surface area contributed by atoms with Crippen molar-refractivity contribution in [2.45, 2.75) is 6.54 Å². The lowest BCUT2D eigenvalue weighted by molar-refractivity contribution is -0.684. The Morgan fingerprint density at radius 2 is 1.95 bits per heavy atom. The second-order valence-corrected chi connectivity index (χ2v) is 3.95. The van der Waals surface area contributed by atoms with Gasteiger partial charge in [0.05, 0.1) is 12.8 Å². The monoisotopic (exact) mass is 294 g/mol. The van der Waals surface area contributed by atoms with Crippen LogP contribution in [0.2, 0.25) is 0 Å². The van der Waals surface area contributed by atoms with E-state index in [2.05, 4.69) is 0 Å². The lowest BCUT2D eigenvalue weighted by atomic mass is 10.3. The molecule has 1 heterocycles. The van der Waals surface area contributed by atoms with Crippen LogP contribution in [0.3, 0.4) is 0 Å². The molecule has 0 fully saturated rings. The number of carbonyl (C=O) groups excluding carboxylic acids is 1. The van der Waals surface area contributed by atoms with Gasteiger partial charge in [-0.1, -0.05) is 12.1 Å². The van der Waals surface area contributed by atoms with Crippen LogP contribution in [0.15, 0.2) is 54.9 Å². The predicted octanol–water partition coefficient (Wildman–Crippen LogP) is -1.59. The molecular weight excluding hydrogens is 280 g/mol. The fraction of sp³-hybridized carbons (Fsp3) is 0.143. The Morgan fingerprint density at radius 1 is 1.25 bits per heavy atom. The van der Waals surface area contributed by atoms with Gasteiger partial charge >= 0.3 is 5.91 Å². The molecule has 0 unspecified atom stereocenters. The second kappa shape index (κ2) is 7.47.